The number of amides is 1. The van der Waals surface area contributed by atoms with Crippen LogP contribution in [0, 0.1) is 12.7 Å². The third-order valence-electron chi connectivity index (χ3n) is 3.05. The van der Waals surface area contributed by atoms with Gasteiger partial charge in [-0.05, 0) is 43.3 Å². The number of aryl methyl sites for hydroxylation is 1. The van der Waals surface area contributed by atoms with Crippen molar-refractivity contribution in [3.05, 3.63) is 60.3 Å². The fraction of sp³-hybridized carbons (Fsp3) is 0.125. The van der Waals surface area contributed by atoms with E-state index in [1.165, 1.54) is 24.3 Å². The molecule has 112 valence electrons. The molecule has 0 unspecified atom stereocenters. The first-order chi connectivity index (χ1) is 10.6. The number of anilines is 1. The number of carbonyl (C=O) groups is 1. The molecule has 0 saturated carbocycles. The van der Waals surface area contributed by atoms with E-state index in [9.17, 15) is 9.18 Å². The van der Waals surface area contributed by atoms with Gasteiger partial charge in [-0.2, -0.15) is 0 Å². The number of aromatic nitrogens is 2. The van der Waals surface area contributed by atoms with Crippen LogP contribution in [0.25, 0.3) is 5.65 Å². The zero-order chi connectivity index (χ0) is 15.5. The van der Waals surface area contributed by atoms with Crippen LogP contribution in [0.2, 0.25) is 0 Å². The normalized spacial score (nSPS) is 10.6. The topological polar surface area (TPSA) is 55.6 Å². The number of halogens is 1. The van der Waals surface area contributed by atoms with E-state index in [0.717, 1.165) is 5.69 Å². The van der Waals surface area contributed by atoms with E-state index in [1.54, 1.807) is 6.07 Å². The minimum absolute atomic E-state index is 0.150. The molecule has 0 radical (unpaired) electrons. The Bertz CT molecular complexity index is 812. The van der Waals surface area contributed by atoms with Crippen LogP contribution in [0.15, 0.2) is 48.8 Å². The number of carbonyl (C=O) groups excluding carboxylic acids is 1. The number of rotatable bonds is 4. The van der Waals surface area contributed by atoms with Gasteiger partial charge in [0.05, 0.1) is 5.69 Å². The van der Waals surface area contributed by atoms with Gasteiger partial charge < -0.3 is 14.5 Å². The van der Waals surface area contributed by atoms with Gasteiger partial charge in [-0.3, -0.25) is 4.79 Å². The van der Waals surface area contributed by atoms with Gasteiger partial charge in [0, 0.05) is 18.1 Å². The van der Waals surface area contributed by atoms with Gasteiger partial charge >= 0.3 is 0 Å². The second-order valence-corrected chi connectivity index (χ2v) is 4.83. The molecule has 0 aliphatic rings. The Kier molecular flexibility index (Phi) is 3.74. The average Bonchev–Trinajstić information content (AvgIpc) is 2.88. The van der Waals surface area contributed by atoms with Crippen LogP contribution in [0.1, 0.15) is 5.69 Å². The Morgan fingerprint density at radius 3 is 2.86 bits per heavy atom. The molecule has 0 bridgehead atoms. The van der Waals surface area contributed by atoms with Crippen LogP contribution in [0.4, 0.5) is 10.1 Å². The Balaban J connectivity index is 1.66. The summed E-state index contributed by atoms with van der Waals surface area (Å²) >= 11 is 0. The number of nitrogens with one attached hydrogen (secondary N) is 1. The highest BCUT2D eigenvalue weighted by Gasteiger charge is 2.08. The third kappa shape index (κ3) is 3.06. The molecule has 22 heavy (non-hydrogen) atoms. The van der Waals surface area contributed by atoms with Crippen molar-refractivity contribution < 1.29 is 13.9 Å². The maximum absolute atomic E-state index is 12.8. The number of nitrogens with zero attached hydrogens (tertiary/aromatic N) is 2. The molecule has 2 aromatic heterocycles. The van der Waals surface area contributed by atoms with Gasteiger partial charge in [-0.25, -0.2) is 9.37 Å². The van der Waals surface area contributed by atoms with Crippen LogP contribution in [0.5, 0.6) is 5.75 Å². The highest BCUT2D eigenvalue weighted by molar-refractivity contribution is 5.91. The number of hydrogen-bond acceptors (Lipinski definition) is 3. The lowest BCUT2D eigenvalue weighted by molar-refractivity contribution is -0.118. The number of pyridine rings is 1. The van der Waals surface area contributed by atoms with Gasteiger partial charge in [-0.15, -0.1) is 0 Å². The molecule has 0 fully saturated rings. The average molecular weight is 299 g/mol. The summed E-state index contributed by atoms with van der Waals surface area (Å²) in [7, 11) is 0. The van der Waals surface area contributed by atoms with E-state index >= 15 is 0 Å². The van der Waals surface area contributed by atoms with E-state index in [0.29, 0.717) is 17.1 Å². The fourth-order valence-corrected chi connectivity index (χ4v) is 2.10. The number of benzene rings is 1. The first kappa shape index (κ1) is 14.1. The summed E-state index contributed by atoms with van der Waals surface area (Å²) in [5.74, 6) is -0.141. The summed E-state index contributed by atoms with van der Waals surface area (Å²) in [6, 6.07) is 9.13. The Labute approximate surface area is 126 Å². The van der Waals surface area contributed by atoms with E-state index in [1.807, 2.05) is 29.8 Å². The van der Waals surface area contributed by atoms with Gasteiger partial charge in [0.15, 0.2) is 18.0 Å². The molecule has 3 rings (SSSR count). The van der Waals surface area contributed by atoms with Gasteiger partial charge in [-0.1, -0.05) is 0 Å². The first-order valence-electron chi connectivity index (χ1n) is 6.74. The monoisotopic (exact) mass is 299 g/mol. The van der Waals surface area contributed by atoms with Crippen LogP contribution in [-0.2, 0) is 4.79 Å². The van der Waals surface area contributed by atoms with Crippen molar-refractivity contribution in [3.8, 4) is 5.75 Å². The van der Waals surface area contributed by atoms with Crippen LogP contribution < -0.4 is 10.1 Å². The van der Waals surface area contributed by atoms with E-state index in [4.69, 9.17) is 4.74 Å². The number of imidazole rings is 1. The molecule has 0 saturated heterocycles. The van der Waals surface area contributed by atoms with E-state index in [2.05, 4.69) is 10.3 Å². The smallest absolute Gasteiger partial charge is 0.262 e. The van der Waals surface area contributed by atoms with Crippen molar-refractivity contribution in [2.75, 3.05) is 11.9 Å². The largest absolute Gasteiger partial charge is 0.480 e. The zero-order valence-electron chi connectivity index (χ0n) is 11.9. The molecule has 1 N–H and O–H groups in total. The zero-order valence-corrected chi connectivity index (χ0v) is 11.9. The fourth-order valence-electron chi connectivity index (χ4n) is 2.10. The number of fused-ring (bicyclic) bond motifs is 1. The lowest BCUT2D eigenvalue weighted by Crippen LogP contribution is -2.20. The second-order valence-electron chi connectivity index (χ2n) is 4.83. The lowest BCUT2D eigenvalue weighted by atomic mass is 10.3. The molecular formula is C16H14FN3O2. The standard InChI is InChI=1S/C16H14FN3O2/c1-11-9-20-8-2-3-14(16(20)18-11)22-10-15(21)19-13-6-4-12(17)5-7-13/h2-9H,10H2,1H3,(H,19,21). The van der Waals surface area contributed by atoms with Crippen molar-refractivity contribution in [3.63, 3.8) is 0 Å². The minimum Gasteiger partial charge on any atom is -0.480 e. The molecule has 0 aliphatic carbocycles. The van der Waals surface area contributed by atoms with Crippen LogP contribution in [0.3, 0.4) is 0 Å². The number of ether oxygens (including phenoxy) is 1. The van der Waals surface area contributed by atoms with Crippen LogP contribution >= 0.6 is 0 Å². The van der Waals surface area contributed by atoms with Gasteiger partial charge in [0.25, 0.3) is 5.91 Å². The van der Waals surface area contributed by atoms with E-state index in [-0.39, 0.29) is 18.3 Å². The second kappa shape index (κ2) is 5.85. The minimum atomic E-state index is -0.351. The predicted octanol–water partition coefficient (Wildman–Crippen LogP) is 2.80. The third-order valence-corrected chi connectivity index (χ3v) is 3.05. The summed E-state index contributed by atoms with van der Waals surface area (Å²) in [6.45, 7) is 1.74. The maximum atomic E-state index is 12.8. The van der Waals surface area contributed by atoms with Crippen molar-refractivity contribution >= 4 is 17.2 Å². The SMILES string of the molecule is Cc1cn2cccc(OCC(=O)Nc3ccc(F)cc3)c2n1. The summed E-state index contributed by atoms with van der Waals surface area (Å²) in [5, 5.41) is 2.63. The highest BCUT2D eigenvalue weighted by Crippen LogP contribution is 2.18. The molecular weight excluding hydrogens is 285 g/mol. The molecule has 1 amide bonds. The molecule has 3 aromatic rings. The molecule has 0 spiro atoms. The quantitative estimate of drug-likeness (QED) is 0.806. The van der Waals surface area contributed by atoms with Crippen molar-refractivity contribution in [1.29, 1.82) is 0 Å². The molecule has 6 heteroatoms. The summed E-state index contributed by atoms with van der Waals surface area (Å²) in [6.07, 6.45) is 3.74. The summed E-state index contributed by atoms with van der Waals surface area (Å²) in [5.41, 5.74) is 2.05. The highest BCUT2D eigenvalue weighted by atomic mass is 19.1. The Hall–Kier alpha value is -2.89. The molecule has 0 atom stereocenters. The molecule has 1 aromatic carbocycles. The first-order valence-corrected chi connectivity index (χ1v) is 6.74. The lowest BCUT2D eigenvalue weighted by Gasteiger charge is -2.08. The molecule has 2 heterocycles. The van der Waals surface area contributed by atoms with Crippen molar-refractivity contribution in [2.24, 2.45) is 0 Å². The Morgan fingerprint density at radius 1 is 1.32 bits per heavy atom. The van der Waals surface area contributed by atoms with Crippen molar-refractivity contribution in [1.82, 2.24) is 9.38 Å². The Morgan fingerprint density at radius 2 is 2.09 bits per heavy atom. The number of hydrogen-bond donors (Lipinski definition) is 1. The van der Waals surface area contributed by atoms with Gasteiger partial charge in [0.1, 0.15) is 5.82 Å². The maximum Gasteiger partial charge on any atom is 0.262 e. The van der Waals surface area contributed by atoms with Crippen LogP contribution in [-0.4, -0.2) is 21.9 Å². The molecule has 5 nitrogen and oxygen atoms in total. The van der Waals surface area contributed by atoms with Crippen molar-refractivity contribution in [2.45, 2.75) is 6.92 Å². The van der Waals surface area contributed by atoms with Gasteiger partial charge in [0.2, 0.25) is 0 Å². The predicted molar refractivity (Wildman–Crippen MR) is 80.5 cm³/mol. The molecule has 0 aliphatic heterocycles. The van der Waals surface area contributed by atoms with E-state index < -0.39 is 0 Å². The summed E-state index contributed by atoms with van der Waals surface area (Å²) in [4.78, 5) is 16.2. The summed E-state index contributed by atoms with van der Waals surface area (Å²) < 4.78 is 20.2.